The van der Waals surface area contributed by atoms with E-state index in [1.807, 2.05) is 0 Å². The van der Waals surface area contributed by atoms with Gasteiger partial charge in [-0.1, -0.05) is 11.6 Å². The number of nitrogens with one attached hydrogen (secondary N) is 2. The molecule has 27 heavy (non-hydrogen) atoms. The van der Waals surface area contributed by atoms with Crippen LogP contribution in [0, 0.1) is 0 Å². The highest BCUT2D eigenvalue weighted by molar-refractivity contribution is 6.34. The zero-order valence-corrected chi connectivity index (χ0v) is 14.9. The third kappa shape index (κ3) is 2.98. The van der Waals surface area contributed by atoms with E-state index in [4.69, 9.17) is 23.2 Å². The van der Waals surface area contributed by atoms with E-state index in [-0.39, 0.29) is 5.56 Å². The maximum absolute atomic E-state index is 11.7. The second-order valence-corrected chi connectivity index (χ2v) is 6.32. The van der Waals surface area contributed by atoms with Crippen molar-refractivity contribution in [1.82, 2.24) is 24.7 Å². The highest BCUT2D eigenvalue weighted by atomic mass is 35.5. The summed E-state index contributed by atoms with van der Waals surface area (Å²) in [7, 11) is 1.80. The fourth-order valence-electron chi connectivity index (χ4n) is 2.76. The summed E-state index contributed by atoms with van der Waals surface area (Å²) in [6.45, 7) is 0. The Bertz CT molecular complexity index is 1230. The van der Waals surface area contributed by atoms with E-state index in [1.54, 1.807) is 42.2 Å². The molecule has 6 N–H and O–H groups in total. The molecule has 0 atom stereocenters. The number of fused-ring (bicyclic) bond motifs is 1. The molecule has 0 aliphatic rings. The predicted molar refractivity (Wildman–Crippen MR) is 105 cm³/mol. The van der Waals surface area contributed by atoms with Gasteiger partial charge in [0, 0.05) is 24.9 Å². The molecule has 0 amide bonds. The third-order valence-electron chi connectivity index (χ3n) is 4.07. The molecule has 0 saturated heterocycles. The molecule has 3 heterocycles. The van der Waals surface area contributed by atoms with Crippen molar-refractivity contribution in [3.8, 4) is 22.6 Å². The van der Waals surface area contributed by atoms with Crippen LogP contribution in [0.25, 0.3) is 33.8 Å². The summed E-state index contributed by atoms with van der Waals surface area (Å²) in [5.74, 6) is 5.55. The van der Waals surface area contributed by atoms with Crippen LogP contribution < -0.4 is 22.6 Å². The molecule has 0 saturated carbocycles. The summed E-state index contributed by atoms with van der Waals surface area (Å²) in [6, 6.07) is 8.22. The van der Waals surface area contributed by atoms with Gasteiger partial charge < -0.3 is 16.1 Å². The van der Waals surface area contributed by atoms with Crippen LogP contribution in [0.3, 0.4) is 0 Å². The number of rotatable bonds is 3. The summed E-state index contributed by atoms with van der Waals surface area (Å²) in [5.41, 5.74) is 12.2. The molecule has 0 spiro atoms. The van der Waals surface area contributed by atoms with E-state index < -0.39 is 0 Å². The average molecular weight is 383 g/mol. The van der Waals surface area contributed by atoms with Gasteiger partial charge in [-0.15, -0.1) is 0 Å². The normalized spacial score (nSPS) is 11.1. The smallest absolute Gasteiger partial charge is 0.249 e. The average Bonchev–Trinajstić information content (AvgIpc) is 3.09. The first-order chi connectivity index (χ1) is 13.0. The van der Waals surface area contributed by atoms with E-state index in [0.29, 0.717) is 50.2 Å². The minimum Gasteiger partial charge on any atom is -0.396 e. The highest BCUT2D eigenvalue weighted by Crippen LogP contribution is 2.36. The van der Waals surface area contributed by atoms with E-state index in [2.05, 4.69) is 25.5 Å². The standard InChI is InChI=1S/C17H15ClN8O/c1-26-5-4-10(25-26)16-15(8-6-9(18)14(19)12(7-8)24-20)21-11-2-3-13(27)22-17(11)23-16/h2-7,24H,19-20H2,1H3,(H,22,23,27). The molecule has 0 aliphatic heterocycles. The van der Waals surface area contributed by atoms with Gasteiger partial charge in [0.25, 0.3) is 0 Å². The number of nitrogen functional groups attached to an aromatic ring is 2. The van der Waals surface area contributed by atoms with Crippen molar-refractivity contribution < 1.29 is 0 Å². The van der Waals surface area contributed by atoms with E-state index >= 15 is 0 Å². The van der Waals surface area contributed by atoms with Crippen molar-refractivity contribution in [2.75, 3.05) is 11.2 Å². The van der Waals surface area contributed by atoms with Gasteiger partial charge in [-0.25, -0.2) is 9.97 Å². The Hall–Kier alpha value is -3.43. The van der Waals surface area contributed by atoms with Gasteiger partial charge in [0.15, 0.2) is 5.65 Å². The molecule has 1 aromatic carbocycles. The van der Waals surface area contributed by atoms with Gasteiger partial charge in [-0.2, -0.15) is 5.10 Å². The monoisotopic (exact) mass is 382 g/mol. The molecule has 0 radical (unpaired) electrons. The molecule has 0 bridgehead atoms. The number of benzene rings is 1. The van der Waals surface area contributed by atoms with Gasteiger partial charge in [-0.3, -0.25) is 15.3 Å². The summed E-state index contributed by atoms with van der Waals surface area (Å²) in [6.07, 6.45) is 1.79. The fraction of sp³-hybridized carbons (Fsp3) is 0.0588. The third-order valence-corrected chi connectivity index (χ3v) is 4.38. The number of halogens is 1. The Morgan fingerprint density at radius 2 is 2.00 bits per heavy atom. The molecule has 0 fully saturated rings. The lowest BCUT2D eigenvalue weighted by molar-refractivity contribution is 0.770. The Morgan fingerprint density at radius 3 is 2.70 bits per heavy atom. The minimum atomic E-state index is -0.262. The van der Waals surface area contributed by atoms with Crippen molar-refractivity contribution in [2.24, 2.45) is 12.9 Å². The minimum absolute atomic E-state index is 0.262. The fourth-order valence-corrected chi connectivity index (χ4v) is 2.98. The molecule has 0 unspecified atom stereocenters. The number of H-pyrrole nitrogens is 1. The lowest BCUT2D eigenvalue weighted by Crippen LogP contribution is -2.10. The molecular weight excluding hydrogens is 368 g/mol. The van der Waals surface area contributed by atoms with Crippen LogP contribution in [-0.4, -0.2) is 24.7 Å². The molecule has 4 aromatic rings. The van der Waals surface area contributed by atoms with Crippen molar-refractivity contribution in [3.63, 3.8) is 0 Å². The Labute approximate surface area is 158 Å². The molecule has 10 heteroatoms. The van der Waals surface area contributed by atoms with Gasteiger partial charge in [0.1, 0.15) is 16.9 Å². The zero-order chi connectivity index (χ0) is 19.1. The van der Waals surface area contributed by atoms with Crippen molar-refractivity contribution in [2.45, 2.75) is 0 Å². The number of hydrogen-bond donors (Lipinski definition) is 4. The topological polar surface area (TPSA) is 141 Å². The number of nitrogens with zero attached hydrogens (tertiary/aromatic N) is 4. The number of hydrazine groups is 1. The van der Waals surface area contributed by atoms with Crippen LogP contribution in [0.15, 0.2) is 41.3 Å². The number of aromatic amines is 1. The van der Waals surface area contributed by atoms with Crippen LogP contribution in [0.2, 0.25) is 5.02 Å². The summed E-state index contributed by atoms with van der Waals surface area (Å²) >= 11 is 6.25. The summed E-state index contributed by atoms with van der Waals surface area (Å²) in [4.78, 5) is 23.6. The maximum Gasteiger partial charge on any atom is 0.249 e. The first-order valence-electron chi connectivity index (χ1n) is 7.93. The van der Waals surface area contributed by atoms with Crippen LogP contribution in [0.5, 0.6) is 0 Å². The van der Waals surface area contributed by atoms with Crippen molar-refractivity contribution >= 4 is 34.1 Å². The van der Waals surface area contributed by atoms with E-state index in [0.717, 1.165) is 0 Å². The second kappa shape index (κ2) is 6.38. The van der Waals surface area contributed by atoms with Crippen LogP contribution >= 0.6 is 11.6 Å². The maximum atomic E-state index is 11.7. The van der Waals surface area contributed by atoms with E-state index in [1.165, 1.54) is 6.07 Å². The molecule has 0 aliphatic carbocycles. The first-order valence-corrected chi connectivity index (χ1v) is 8.31. The second-order valence-electron chi connectivity index (χ2n) is 5.92. The number of aromatic nitrogens is 5. The van der Waals surface area contributed by atoms with Crippen molar-refractivity contribution in [3.05, 3.63) is 51.9 Å². The molecular formula is C17H15ClN8O. The predicted octanol–water partition coefficient (Wildman–Crippen LogP) is 1.91. The largest absolute Gasteiger partial charge is 0.396 e. The zero-order valence-electron chi connectivity index (χ0n) is 14.2. The summed E-state index contributed by atoms with van der Waals surface area (Å²) < 4.78 is 1.65. The van der Waals surface area contributed by atoms with Gasteiger partial charge in [0.2, 0.25) is 5.56 Å². The van der Waals surface area contributed by atoms with Gasteiger partial charge >= 0.3 is 0 Å². The molecule has 9 nitrogen and oxygen atoms in total. The quantitative estimate of drug-likeness (QED) is 0.241. The molecule has 4 rings (SSSR count). The lowest BCUT2D eigenvalue weighted by atomic mass is 10.1. The van der Waals surface area contributed by atoms with Gasteiger partial charge in [0.05, 0.1) is 22.1 Å². The van der Waals surface area contributed by atoms with Gasteiger partial charge in [-0.05, 0) is 24.3 Å². The Balaban J connectivity index is 2.05. The number of pyridine rings is 1. The summed E-state index contributed by atoms with van der Waals surface area (Å²) in [5, 5.41) is 4.73. The van der Waals surface area contributed by atoms with Crippen LogP contribution in [0.1, 0.15) is 0 Å². The van der Waals surface area contributed by atoms with Crippen LogP contribution in [0.4, 0.5) is 11.4 Å². The lowest BCUT2D eigenvalue weighted by Gasteiger charge is -2.12. The Kier molecular flexibility index (Phi) is 4.02. The first kappa shape index (κ1) is 17.0. The van der Waals surface area contributed by atoms with E-state index in [9.17, 15) is 4.79 Å². The molecule has 136 valence electrons. The number of anilines is 2. The number of hydrogen-bond acceptors (Lipinski definition) is 7. The van der Waals surface area contributed by atoms with Crippen molar-refractivity contribution in [1.29, 1.82) is 0 Å². The molecule has 3 aromatic heterocycles. The SMILES string of the molecule is Cn1ccc(-c2nc3[nH]c(=O)ccc3nc2-c2cc(Cl)c(N)c(NN)c2)n1. The number of nitrogens with two attached hydrogens (primary N) is 2. The van der Waals surface area contributed by atoms with Crippen LogP contribution in [-0.2, 0) is 7.05 Å². The highest BCUT2D eigenvalue weighted by Gasteiger charge is 2.18. The number of aryl methyl sites for hydroxylation is 1. The Morgan fingerprint density at radius 1 is 1.19 bits per heavy atom.